The molecule has 1 aliphatic rings. The summed E-state index contributed by atoms with van der Waals surface area (Å²) in [6, 6.07) is 0. The Morgan fingerprint density at radius 2 is 1.82 bits per heavy atom. The number of carbonyl (C=O) groups excluding carboxylic acids is 1. The highest BCUT2D eigenvalue weighted by Crippen LogP contribution is 2.34. The molecule has 1 atom stereocenters. The lowest BCUT2D eigenvalue weighted by atomic mass is 9.78. The Bertz CT molecular complexity index is 222. The van der Waals surface area contributed by atoms with Gasteiger partial charge in [-0.05, 0) is 25.2 Å². The number of alkyl halides is 1. The summed E-state index contributed by atoms with van der Waals surface area (Å²) in [6.45, 7) is 4.19. The van der Waals surface area contributed by atoms with Crippen LogP contribution in [-0.4, -0.2) is 18.7 Å². The maximum absolute atomic E-state index is 13.5. The van der Waals surface area contributed by atoms with Crippen molar-refractivity contribution in [2.75, 3.05) is 6.61 Å². The van der Waals surface area contributed by atoms with E-state index in [4.69, 9.17) is 4.74 Å². The second-order valence-electron chi connectivity index (χ2n) is 5.13. The van der Waals surface area contributed by atoms with Gasteiger partial charge in [0.05, 0.1) is 6.61 Å². The molecule has 1 aliphatic carbocycles. The molecular formula is C14H25FO2. The van der Waals surface area contributed by atoms with E-state index in [1.54, 1.807) is 6.92 Å². The van der Waals surface area contributed by atoms with E-state index in [0.29, 0.717) is 12.3 Å². The number of esters is 1. The molecule has 0 N–H and O–H groups in total. The minimum Gasteiger partial charge on any atom is -0.464 e. The predicted molar refractivity (Wildman–Crippen MR) is 66.5 cm³/mol. The molecule has 0 bridgehead atoms. The average Bonchev–Trinajstić information content (AvgIpc) is 2.32. The van der Waals surface area contributed by atoms with E-state index in [2.05, 4.69) is 6.92 Å². The molecule has 17 heavy (non-hydrogen) atoms. The Hall–Kier alpha value is -0.600. The van der Waals surface area contributed by atoms with Crippen LogP contribution < -0.4 is 0 Å². The van der Waals surface area contributed by atoms with Crippen molar-refractivity contribution in [3.63, 3.8) is 0 Å². The van der Waals surface area contributed by atoms with Gasteiger partial charge in [-0.2, -0.15) is 0 Å². The maximum atomic E-state index is 13.5. The lowest BCUT2D eigenvalue weighted by Crippen LogP contribution is -2.24. The topological polar surface area (TPSA) is 26.3 Å². The Kier molecular flexibility index (Phi) is 6.53. The summed E-state index contributed by atoms with van der Waals surface area (Å²) in [7, 11) is 0. The van der Waals surface area contributed by atoms with E-state index in [9.17, 15) is 9.18 Å². The Morgan fingerprint density at radius 1 is 1.24 bits per heavy atom. The molecule has 0 aromatic carbocycles. The first-order valence-electron chi connectivity index (χ1n) is 6.98. The minimum absolute atomic E-state index is 0.266. The fourth-order valence-electron chi connectivity index (χ4n) is 2.79. The van der Waals surface area contributed by atoms with Crippen molar-refractivity contribution < 1.29 is 13.9 Å². The van der Waals surface area contributed by atoms with Gasteiger partial charge in [-0.25, -0.2) is 9.18 Å². The lowest BCUT2D eigenvalue weighted by Gasteiger charge is -2.28. The monoisotopic (exact) mass is 244 g/mol. The van der Waals surface area contributed by atoms with Crippen LogP contribution in [0.2, 0.25) is 0 Å². The van der Waals surface area contributed by atoms with E-state index < -0.39 is 12.1 Å². The highest BCUT2D eigenvalue weighted by molar-refractivity contribution is 5.74. The van der Waals surface area contributed by atoms with Gasteiger partial charge in [0.1, 0.15) is 0 Å². The molecule has 3 heteroatoms. The van der Waals surface area contributed by atoms with Crippen molar-refractivity contribution in [2.24, 2.45) is 11.8 Å². The van der Waals surface area contributed by atoms with Crippen molar-refractivity contribution in [1.29, 1.82) is 0 Å². The van der Waals surface area contributed by atoms with Crippen LogP contribution >= 0.6 is 0 Å². The van der Waals surface area contributed by atoms with Gasteiger partial charge in [0.2, 0.25) is 0 Å². The standard InChI is InChI=1S/C14H25FO2/c1-3-5-11-6-8-12(9-7-11)10-13(15)14(16)17-4-2/h11-13H,3-10H2,1-2H3. The molecule has 2 nitrogen and oxygen atoms in total. The van der Waals surface area contributed by atoms with E-state index in [1.807, 2.05) is 0 Å². The third kappa shape index (κ3) is 5.05. The van der Waals surface area contributed by atoms with Crippen molar-refractivity contribution in [2.45, 2.75) is 65.0 Å². The highest BCUT2D eigenvalue weighted by atomic mass is 19.1. The maximum Gasteiger partial charge on any atom is 0.340 e. The zero-order valence-electron chi connectivity index (χ0n) is 11.1. The van der Waals surface area contributed by atoms with Crippen molar-refractivity contribution >= 4 is 5.97 Å². The summed E-state index contributed by atoms with van der Waals surface area (Å²) in [5.41, 5.74) is 0. The molecule has 0 heterocycles. The molecule has 0 saturated heterocycles. The van der Waals surface area contributed by atoms with Gasteiger partial charge in [0.15, 0.2) is 6.17 Å². The largest absolute Gasteiger partial charge is 0.464 e. The summed E-state index contributed by atoms with van der Waals surface area (Å²) in [6.07, 6.45) is 6.03. The van der Waals surface area contributed by atoms with E-state index >= 15 is 0 Å². The number of halogens is 1. The minimum atomic E-state index is -1.41. The number of ether oxygens (including phenoxy) is 1. The SMILES string of the molecule is CCCC1CCC(CC(F)C(=O)OCC)CC1. The second kappa shape index (κ2) is 7.67. The third-order valence-electron chi connectivity index (χ3n) is 3.75. The van der Waals surface area contributed by atoms with Crippen molar-refractivity contribution in [3.05, 3.63) is 0 Å². The van der Waals surface area contributed by atoms with Crippen LogP contribution in [0.5, 0.6) is 0 Å². The van der Waals surface area contributed by atoms with Gasteiger partial charge in [-0.1, -0.05) is 45.4 Å². The first-order chi connectivity index (χ1) is 8.17. The zero-order valence-corrected chi connectivity index (χ0v) is 11.1. The van der Waals surface area contributed by atoms with Gasteiger partial charge >= 0.3 is 5.97 Å². The van der Waals surface area contributed by atoms with Crippen LogP contribution in [0.15, 0.2) is 0 Å². The molecule has 100 valence electrons. The van der Waals surface area contributed by atoms with Gasteiger partial charge in [0, 0.05) is 0 Å². The van der Waals surface area contributed by atoms with Crippen molar-refractivity contribution in [1.82, 2.24) is 0 Å². The summed E-state index contributed by atoms with van der Waals surface area (Å²) < 4.78 is 18.2. The molecule has 0 aromatic heterocycles. The van der Waals surface area contributed by atoms with Crippen LogP contribution in [0.25, 0.3) is 0 Å². The molecule has 1 rings (SSSR count). The highest BCUT2D eigenvalue weighted by Gasteiger charge is 2.27. The first-order valence-corrected chi connectivity index (χ1v) is 6.98. The van der Waals surface area contributed by atoms with E-state index in [-0.39, 0.29) is 6.61 Å². The van der Waals surface area contributed by atoms with Gasteiger partial charge in [-0.3, -0.25) is 0 Å². The molecule has 0 aromatic rings. The van der Waals surface area contributed by atoms with E-state index in [0.717, 1.165) is 18.8 Å². The normalized spacial score (nSPS) is 26.5. The van der Waals surface area contributed by atoms with Crippen LogP contribution in [0, 0.1) is 11.8 Å². The fraction of sp³-hybridized carbons (Fsp3) is 0.929. The van der Waals surface area contributed by atoms with Crippen LogP contribution in [0.3, 0.4) is 0 Å². The molecule has 0 amide bonds. The van der Waals surface area contributed by atoms with E-state index in [1.165, 1.54) is 25.7 Å². The second-order valence-corrected chi connectivity index (χ2v) is 5.13. The molecule has 0 radical (unpaired) electrons. The molecule has 0 aliphatic heterocycles. The van der Waals surface area contributed by atoms with Gasteiger partial charge in [0.25, 0.3) is 0 Å². The number of rotatable bonds is 6. The third-order valence-corrected chi connectivity index (χ3v) is 3.75. The zero-order chi connectivity index (χ0) is 12.7. The van der Waals surface area contributed by atoms with Crippen LogP contribution in [-0.2, 0) is 9.53 Å². The van der Waals surface area contributed by atoms with Crippen molar-refractivity contribution in [3.8, 4) is 0 Å². The molecule has 0 spiro atoms. The first kappa shape index (κ1) is 14.5. The Labute approximate surface area is 104 Å². The van der Waals surface area contributed by atoms with Gasteiger partial charge in [-0.15, -0.1) is 0 Å². The average molecular weight is 244 g/mol. The summed E-state index contributed by atoms with van der Waals surface area (Å²) in [5, 5.41) is 0. The fourth-order valence-corrected chi connectivity index (χ4v) is 2.79. The summed E-state index contributed by atoms with van der Waals surface area (Å²) in [4.78, 5) is 11.2. The van der Waals surface area contributed by atoms with Gasteiger partial charge < -0.3 is 4.74 Å². The Morgan fingerprint density at radius 3 is 2.35 bits per heavy atom. The number of hydrogen-bond acceptors (Lipinski definition) is 2. The quantitative estimate of drug-likeness (QED) is 0.663. The summed E-state index contributed by atoms with van der Waals surface area (Å²) >= 11 is 0. The van der Waals surface area contributed by atoms with Crippen LogP contribution in [0.4, 0.5) is 4.39 Å². The molecular weight excluding hydrogens is 219 g/mol. The Balaban J connectivity index is 2.23. The molecule has 1 unspecified atom stereocenters. The predicted octanol–water partition coefficient (Wildman–Crippen LogP) is 3.88. The number of hydrogen-bond donors (Lipinski definition) is 0. The molecule has 1 saturated carbocycles. The molecule has 1 fully saturated rings. The van der Waals surface area contributed by atoms with Crippen LogP contribution in [0.1, 0.15) is 58.8 Å². The number of carbonyl (C=O) groups is 1. The smallest absolute Gasteiger partial charge is 0.340 e. The lowest BCUT2D eigenvalue weighted by molar-refractivity contribution is -0.149. The summed E-state index contributed by atoms with van der Waals surface area (Å²) in [5.74, 6) is 0.530.